The van der Waals surface area contributed by atoms with Crippen LogP contribution in [0.1, 0.15) is 43.5 Å². The number of nitrogens with two attached hydrogens (primary N) is 1. The van der Waals surface area contributed by atoms with Gasteiger partial charge < -0.3 is 15.5 Å². The van der Waals surface area contributed by atoms with E-state index in [1.54, 1.807) is 6.42 Å². The molecule has 0 amide bonds. The summed E-state index contributed by atoms with van der Waals surface area (Å²) >= 11 is 0. The highest BCUT2D eigenvalue weighted by Crippen LogP contribution is 2.53. The normalized spacial score (nSPS) is 27.5. The van der Waals surface area contributed by atoms with Crippen molar-refractivity contribution in [1.82, 2.24) is 19.9 Å². The monoisotopic (exact) mass is 449 g/mol. The van der Waals surface area contributed by atoms with Crippen molar-refractivity contribution in [2.24, 2.45) is 17.8 Å². The lowest BCUT2D eigenvalue weighted by atomic mass is 10.1. The van der Waals surface area contributed by atoms with E-state index >= 15 is 0 Å². The molecule has 0 aromatic carbocycles. The van der Waals surface area contributed by atoms with Gasteiger partial charge in [0.15, 0.2) is 0 Å². The van der Waals surface area contributed by atoms with Gasteiger partial charge in [0.1, 0.15) is 11.6 Å². The number of halogens is 3. The van der Waals surface area contributed by atoms with Crippen LogP contribution in [-0.4, -0.2) is 52.2 Å². The second-order valence-corrected chi connectivity index (χ2v) is 9.58. The Morgan fingerprint density at radius 2 is 1.78 bits per heavy atom. The van der Waals surface area contributed by atoms with Gasteiger partial charge in [-0.25, -0.2) is 9.97 Å². The van der Waals surface area contributed by atoms with Crippen LogP contribution in [0.2, 0.25) is 0 Å². The van der Waals surface area contributed by atoms with Gasteiger partial charge in [-0.15, -0.1) is 0 Å². The van der Waals surface area contributed by atoms with Crippen LogP contribution in [0.5, 0.6) is 0 Å². The van der Waals surface area contributed by atoms with E-state index in [4.69, 9.17) is 10.5 Å². The summed E-state index contributed by atoms with van der Waals surface area (Å²) < 4.78 is 43.7. The Bertz CT molecular complexity index is 926. The largest absolute Gasteiger partial charge is 0.419 e. The van der Waals surface area contributed by atoms with Gasteiger partial charge in [0.05, 0.1) is 30.7 Å². The van der Waals surface area contributed by atoms with E-state index in [9.17, 15) is 13.2 Å². The molecule has 32 heavy (non-hydrogen) atoms. The number of imidazole rings is 1. The lowest BCUT2D eigenvalue weighted by Gasteiger charge is -2.32. The average molecular weight is 450 g/mol. The zero-order valence-corrected chi connectivity index (χ0v) is 18.1. The molecule has 0 bridgehead atoms. The molecule has 4 aliphatic rings. The number of aromatic nitrogens is 3. The van der Waals surface area contributed by atoms with Crippen molar-refractivity contribution in [3.63, 3.8) is 0 Å². The Labute approximate surface area is 185 Å². The first-order valence-electron chi connectivity index (χ1n) is 11.6. The molecular weight excluding hydrogens is 419 g/mol. The quantitative estimate of drug-likeness (QED) is 0.733. The number of pyridine rings is 1. The molecule has 3 saturated carbocycles. The highest BCUT2D eigenvalue weighted by atomic mass is 19.4. The Morgan fingerprint density at radius 3 is 2.44 bits per heavy atom. The number of morpholine rings is 1. The smallest absolute Gasteiger partial charge is 0.383 e. The summed E-state index contributed by atoms with van der Waals surface area (Å²) in [6.07, 6.45) is 6.09. The van der Waals surface area contributed by atoms with Gasteiger partial charge in [0.2, 0.25) is 0 Å². The number of rotatable bonds is 4. The molecule has 3 aliphatic carbocycles. The molecule has 2 atom stereocenters. The van der Waals surface area contributed by atoms with E-state index < -0.39 is 17.6 Å². The van der Waals surface area contributed by atoms with Crippen molar-refractivity contribution in [1.29, 1.82) is 0 Å². The topological polar surface area (TPSA) is 80.1 Å². The van der Waals surface area contributed by atoms with E-state index in [1.165, 1.54) is 51.2 Å². The summed E-state index contributed by atoms with van der Waals surface area (Å²) in [5.74, 6) is 3.19. The van der Waals surface area contributed by atoms with E-state index in [-0.39, 0.29) is 0 Å². The number of aromatic amines is 1. The number of anilines is 1. The van der Waals surface area contributed by atoms with Crippen LogP contribution in [0.25, 0.3) is 11.3 Å². The minimum Gasteiger partial charge on any atom is -0.383 e. The van der Waals surface area contributed by atoms with Gasteiger partial charge in [-0.2, -0.15) is 13.2 Å². The van der Waals surface area contributed by atoms with Crippen molar-refractivity contribution in [3.8, 4) is 11.3 Å². The first-order chi connectivity index (χ1) is 15.4. The van der Waals surface area contributed by atoms with Crippen LogP contribution in [0.4, 0.5) is 19.0 Å². The third-order valence-corrected chi connectivity index (χ3v) is 7.12. The zero-order valence-electron chi connectivity index (χ0n) is 18.1. The van der Waals surface area contributed by atoms with Crippen LogP contribution in [0.15, 0.2) is 18.5 Å². The first-order valence-corrected chi connectivity index (χ1v) is 11.6. The second-order valence-electron chi connectivity index (χ2n) is 9.58. The molecule has 1 saturated heterocycles. The van der Waals surface area contributed by atoms with Crippen molar-refractivity contribution < 1.29 is 17.9 Å². The third kappa shape index (κ3) is 5.09. The molecule has 9 heteroatoms. The van der Waals surface area contributed by atoms with E-state index in [2.05, 4.69) is 19.9 Å². The summed E-state index contributed by atoms with van der Waals surface area (Å²) in [6.45, 7) is 4.30. The van der Waals surface area contributed by atoms with Gasteiger partial charge in [-0.05, 0) is 55.9 Å². The van der Waals surface area contributed by atoms with Crippen molar-refractivity contribution in [3.05, 3.63) is 29.8 Å². The van der Waals surface area contributed by atoms with Crippen LogP contribution in [0.3, 0.4) is 0 Å². The standard InChI is InChI=1S/C13H13F3N4.C10H17NO/c14-13(15,16)9-4-8(5-19-12(9)17)10-6-18-11(20-10)3-7-1-2-7;1-3-12-4-2-11(1)10-6-8-5-9(8)7-10/h4-7H,1-3H2,(H2,17,19)(H,18,20);8-10H,1-7H2. The Morgan fingerprint density at radius 1 is 1.06 bits per heavy atom. The van der Waals surface area contributed by atoms with Gasteiger partial charge in [-0.3, -0.25) is 4.90 Å². The molecule has 6 rings (SSSR count). The third-order valence-electron chi connectivity index (χ3n) is 7.12. The van der Waals surface area contributed by atoms with Crippen LogP contribution in [-0.2, 0) is 17.3 Å². The Kier molecular flexibility index (Phi) is 5.88. The second kappa shape index (κ2) is 8.67. The number of H-pyrrole nitrogens is 1. The Hall–Kier alpha value is -2.13. The lowest BCUT2D eigenvalue weighted by Crippen LogP contribution is -2.42. The number of fused-ring (bicyclic) bond motifs is 1. The van der Waals surface area contributed by atoms with Crippen molar-refractivity contribution in [2.75, 3.05) is 32.0 Å². The van der Waals surface area contributed by atoms with Crippen molar-refractivity contribution >= 4 is 5.82 Å². The maximum absolute atomic E-state index is 12.8. The fraction of sp³-hybridized carbons (Fsp3) is 0.652. The molecular formula is C23H30F3N5O. The number of nitrogens with zero attached hydrogens (tertiary/aromatic N) is 3. The Balaban J connectivity index is 0.000000152. The minimum atomic E-state index is -4.51. The van der Waals surface area contributed by atoms with E-state index in [0.29, 0.717) is 17.2 Å². The predicted octanol–water partition coefficient (Wildman–Crippen LogP) is 4.14. The summed E-state index contributed by atoms with van der Waals surface area (Å²) in [6, 6.07) is 1.93. The molecule has 3 N–H and O–H groups in total. The summed E-state index contributed by atoms with van der Waals surface area (Å²) in [5, 5.41) is 0. The number of hydrogen-bond acceptors (Lipinski definition) is 5. The first kappa shape index (κ1) is 21.7. The van der Waals surface area contributed by atoms with E-state index in [0.717, 1.165) is 49.4 Å². The highest BCUT2D eigenvalue weighted by Gasteiger charge is 2.47. The molecule has 4 fully saturated rings. The fourth-order valence-electron chi connectivity index (χ4n) is 4.98. The average Bonchev–Trinajstić information content (AvgIpc) is 3.65. The fourth-order valence-corrected chi connectivity index (χ4v) is 4.98. The lowest BCUT2D eigenvalue weighted by molar-refractivity contribution is -0.137. The summed E-state index contributed by atoms with van der Waals surface area (Å²) in [5.41, 5.74) is 5.21. The van der Waals surface area contributed by atoms with Gasteiger partial charge >= 0.3 is 6.18 Å². The number of ether oxygens (including phenoxy) is 1. The predicted molar refractivity (Wildman–Crippen MR) is 115 cm³/mol. The SMILES string of the molecule is C1CN(C2CC3CC3C2)CCO1.Nc1ncc(-c2cnc(CC3CC3)[nH]2)cc1C(F)(F)F. The molecule has 174 valence electrons. The summed E-state index contributed by atoms with van der Waals surface area (Å²) in [7, 11) is 0. The summed E-state index contributed by atoms with van der Waals surface area (Å²) in [4.78, 5) is 13.5. The van der Waals surface area contributed by atoms with Gasteiger partial charge in [-0.1, -0.05) is 0 Å². The number of nitrogen functional groups attached to an aromatic ring is 1. The zero-order chi connectivity index (χ0) is 22.3. The molecule has 2 aromatic heterocycles. The molecule has 3 heterocycles. The van der Waals surface area contributed by atoms with E-state index in [1.807, 2.05) is 0 Å². The molecule has 2 unspecified atom stereocenters. The molecule has 2 aromatic rings. The minimum absolute atomic E-state index is 0.334. The van der Waals surface area contributed by atoms with Crippen LogP contribution >= 0.6 is 0 Å². The number of hydrogen-bond donors (Lipinski definition) is 2. The molecule has 0 spiro atoms. The molecule has 0 radical (unpaired) electrons. The number of nitrogens with one attached hydrogen (secondary N) is 1. The molecule has 6 nitrogen and oxygen atoms in total. The molecule has 1 aliphatic heterocycles. The maximum Gasteiger partial charge on any atom is 0.419 e. The van der Waals surface area contributed by atoms with Crippen LogP contribution < -0.4 is 5.73 Å². The van der Waals surface area contributed by atoms with Gasteiger partial charge in [0.25, 0.3) is 0 Å². The van der Waals surface area contributed by atoms with Gasteiger partial charge in [0, 0.05) is 37.3 Å². The maximum atomic E-state index is 12.8. The van der Waals surface area contributed by atoms with Crippen LogP contribution in [0, 0.1) is 17.8 Å². The highest BCUT2D eigenvalue weighted by molar-refractivity contribution is 5.61. The van der Waals surface area contributed by atoms with Crippen molar-refractivity contribution in [2.45, 2.75) is 50.7 Å². The number of alkyl halides is 3.